The first kappa shape index (κ1) is 39.6. The molecule has 1 N–H and O–H groups in total. The van der Waals surface area contributed by atoms with Crippen LogP contribution in [0.5, 0.6) is 0 Å². The fraction of sp³-hybridized carbons (Fsp3) is 0.771. The molecule has 0 spiro atoms. The zero-order chi connectivity index (χ0) is 35.1. The van der Waals surface area contributed by atoms with E-state index in [1.807, 2.05) is 18.9 Å². The molecule has 1 fully saturated rings. The molecular formula is C35H55NO10. The highest BCUT2D eigenvalue weighted by atomic mass is 16.7. The number of carbonyl (C=O) groups excluding carboxylic acids is 4. The number of hydrogen-bond acceptors (Lipinski definition) is 11. The van der Waals surface area contributed by atoms with Crippen molar-refractivity contribution in [3.8, 4) is 12.3 Å². The molecule has 2 heterocycles. The van der Waals surface area contributed by atoms with Crippen LogP contribution < -0.4 is 0 Å². The smallest absolute Gasteiger partial charge is 0.316 e. The van der Waals surface area contributed by atoms with Crippen molar-refractivity contribution < 1.29 is 48.0 Å². The Hall–Kier alpha value is -2.62. The van der Waals surface area contributed by atoms with Crippen molar-refractivity contribution in [1.29, 1.82) is 0 Å². The third-order valence-electron chi connectivity index (χ3n) is 9.43. The van der Waals surface area contributed by atoms with Gasteiger partial charge in [-0.1, -0.05) is 20.8 Å². The first-order valence-electron chi connectivity index (χ1n) is 16.2. The number of ketones is 2. The highest BCUT2D eigenvalue weighted by Crippen LogP contribution is 2.38. The topological polar surface area (TPSA) is 138 Å². The SMILES string of the molecule is C#CCCN(C)[C@H]1C[C@@H](C)O[C@@H](O[C@@H]2[C@@H](C)C(=O)[C@@H](C)C(=O)O[C@H](CC)[C@@](C)(O)C=C(C)C(=O)[C@H](C)C[C@@]2(C)OC)[C@@H]1OC(C)=O. The number of ether oxygens (including phenoxy) is 5. The average Bonchev–Trinajstić information content (AvgIpc) is 2.99. The van der Waals surface area contributed by atoms with Crippen molar-refractivity contribution in [2.45, 2.75) is 136 Å². The first-order chi connectivity index (χ1) is 21.3. The van der Waals surface area contributed by atoms with Crippen LogP contribution in [-0.4, -0.2) is 102 Å². The number of nitrogens with zero attached hydrogens (tertiary/aromatic N) is 1. The normalized spacial score (nSPS) is 38.4. The van der Waals surface area contributed by atoms with Crippen molar-refractivity contribution in [3.05, 3.63) is 11.6 Å². The van der Waals surface area contributed by atoms with E-state index < -0.39 is 71.3 Å². The molecule has 260 valence electrons. The summed E-state index contributed by atoms with van der Waals surface area (Å²) in [4.78, 5) is 55.3. The third kappa shape index (κ3) is 9.48. The van der Waals surface area contributed by atoms with Gasteiger partial charge in [-0.2, -0.15) is 0 Å². The third-order valence-corrected chi connectivity index (χ3v) is 9.43. The lowest BCUT2D eigenvalue weighted by Gasteiger charge is -2.47. The Bertz CT molecular complexity index is 1170. The van der Waals surface area contributed by atoms with E-state index >= 15 is 0 Å². The predicted octanol–water partition coefficient (Wildman–Crippen LogP) is 3.64. The van der Waals surface area contributed by atoms with Gasteiger partial charge in [-0.3, -0.25) is 24.1 Å². The van der Waals surface area contributed by atoms with E-state index in [-0.39, 0.29) is 30.8 Å². The van der Waals surface area contributed by atoms with Gasteiger partial charge >= 0.3 is 11.9 Å². The van der Waals surface area contributed by atoms with Crippen LogP contribution in [0.15, 0.2) is 11.6 Å². The minimum atomic E-state index is -1.65. The lowest BCUT2D eigenvalue weighted by molar-refractivity contribution is -0.298. The molecule has 0 saturated carbocycles. The van der Waals surface area contributed by atoms with Gasteiger partial charge in [0, 0.05) is 38.8 Å². The van der Waals surface area contributed by atoms with E-state index in [9.17, 15) is 24.3 Å². The van der Waals surface area contributed by atoms with Gasteiger partial charge < -0.3 is 28.8 Å². The second-order valence-corrected chi connectivity index (χ2v) is 13.5. The van der Waals surface area contributed by atoms with Crippen LogP contribution in [0.25, 0.3) is 0 Å². The van der Waals surface area contributed by atoms with E-state index in [4.69, 9.17) is 30.1 Å². The average molecular weight is 650 g/mol. The highest BCUT2D eigenvalue weighted by molar-refractivity contribution is 6.00. The predicted molar refractivity (Wildman–Crippen MR) is 171 cm³/mol. The van der Waals surface area contributed by atoms with Crippen LogP contribution in [0, 0.1) is 30.1 Å². The van der Waals surface area contributed by atoms with Crippen LogP contribution >= 0.6 is 0 Å². The number of rotatable bonds is 8. The van der Waals surface area contributed by atoms with Gasteiger partial charge in [0.2, 0.25) is 0 Å². The Morgan fingerprint density at radius 3 is 2.37 bits per heavy atom. The summed E-state index contributed by atoms with van der Waals surface area (Å²) < 4.78 is 30.5. The van der Waals surface area contributed by atoms with Gasteiger partial charge in [0.05, 0.1) is 23.9 Å². The summed E-state index contributed by atoms with van der Waals surface area (Å²) in [6.07, 6.45) is 3.95. The van der Waals surface area contributed by atoms with Crippen molar-refractivity contribution in [1.82, 2.24) is 4.90 Å². The Morgan fingerprint density at radius 2 is 1.83 bits per heavy atom. The largest absolute Gasteiger partial charge is 0.458 e. The van der Waals surface area contributed by atoms with Gasteiger partial charge in [-0.05, 0) is 72.6 Å². The highest BCUT2D eigenvalue weighted by Gasteiger charge is 2.51. The van der Waals surface area contributed by atoms with Crippen molar-refractivity contribution in [2.24, 2.45) is 17.8 Å². The zero-order valence-corrected chi connectivity index (χ0v) is 29.5. The minimum absolute atomic E-state index is 0.125. The molecule has 0 aromatic rings. The molecule has 0 aromatic carbocycles. The van der Waals surface area contributed by atoms with Crippen LogP contribution in [0.3, 0.4) is 0 Å². The quantitative estimate of drug-likeness (QED) is 0.234. The number of Topliss-reactive ketones (excluding diaryl/α,β-unsaturated/α-hetero) is 2. The maximum atomic E-state index is 14.0. The molecule has 0 unspecified atom stereocenters. The van der Waals surface area contributed by atoms with Gasteiger partial charge in [0.25, 0.3) is 0 Å². The molecule has 0 radical (unpaired) electrons. The van der Waals surface area contributed by atoms with E-state index in [1.165, 1.54) is 34.0 Å². The van der Waals surface area contributed by atoms with Crippen LogP contribution in [0.4, 0.5) is 0 Å². The lowest BCUT2D eigenvalue weighted by Crippen LogP contribution is -2.60. The molecule has 0 bridgehead atoms. The van der Waals surface area contributed by atoms with E-state index in [0.717, 1.165) is 0 Å². The van der Waals surface area contributed by atoms with E-state index in [0.29, 0.717) is 25.0 Å². The molecular weight excluding hydrogens is 594 g/mol. The maximum Gasteiger partial charge on any atom is 0.316 e. The van der Waals surface area contributed by atoms with Gasteiger partial charge in [0.1, 0.15) is 17.6 Å². The summed E-state index contributed by atoms with van der Waals surface area (Å²) in [6.45, 7) is 15.1. The van der Waals surface area contributed by atoms with E-state index in [1.54, 1.807) is 34.6 Å². The molecule has 2 aliphatic rings. The fourth-order valence-electron chi connectivity index (χ4n) is 6.75. The fourth-order valence-corrected chi connectivity index (χ4v) is 6.75. The zero-order valence-electron chi connectivity index (χ0n) is 29.5. The number of cyclic esters (lactones) is 1. The molecule has 11 atom stereocenters. The number of carbonyl (C=O) groups is 4. The molecule has 0 aliphatic carbocycles. The van der Waals surface area contributed by atoms with Crippen LogP contribution in [0.2, 0.25) is 0 Å². The summed E-state index contributed by atoms with van der Waals surface area (Å²) in [6, 6.07) is -0.315. The summed E-state index contributed by atoms with van der Waals surface area (Å²) in [5.74, 6) is -2.23. The molecule has 2 rings (SSSR count). The Labute approximate surface area is 274 Å². The number of hydrogen-bond donors (Lipinski definition) is 1. The molecule has 1 saturated heterocycles. The standard InChI is InChI=1S/C35H55NO10/c1-13-15-16-36(11)26-17-22(5)43-33(30(26)44-25(8)37)46-31-23(6)29(39)24(7)32(40)45-27(14-2)34(9,41)18-20(3)28(38)21(4)19-35(31,10)42-12/h1,18,21-24,26-27,30-31,33,41H,14-17,19H2,2-12H3/t21-,22-,23+,24-,26+,27-,30-,31-,33+,34+,35-/m1/s1. The second-order valence-electron chi connectivity index (χ2n) is 13.5. The maximum absolute atomic E-state index is 14.0. The number of aliphatic hydroxyl groups is 1. The lowest BCUT2D eigenvalue weighted by atomic mass is 9.77. The van der Waals surface area contributed by atoms with Crippen molar-refractivity contribution in [2.75, 3.05) is 20.7 Å². The monoisotopic (exact) mass is 649 g/mol. The minimum Gasteiger partial charge on any atom is -0.458 e. The van der Waals surface area contributed by atoms with E-state index in [2.05, 4.69) is 5.92 Å². The first-order valence-corrected chi connectivity index (χ1v) is 16.2. The number of allylic oxidation sites excluding steroid dienone is 1. The molecule has 2 aliphatic heterocycles. The molecule has 0 amide bonds. The van der Waals surface area contributed by atoms with Gasteiger partial charge in [-0.25, -0.2) is 0 Å². The Balaban J connectivity index is 2.68. The Kier molecular flexibility index (Phi) is 14.2. The molecule has 0 aromatic heterocycles. The summed E-state index contributed by atoms with van der Waals surface area (Å²) in [5, 5.41) is 11.2. The second kappa shape index (κ2) is 16.5. The molecule has 46 heavy (non-hydrogen) atoms. The van der Waals surface area contributed by atoms with Crippen molar-refractivity contribution >= 4 is 23.5 Å². The van der Waals surface area contributed by atoms with Gasteiger partial charge in [-0.15, -0.1) is 12.3 Å². The van der Waals surface area contributed by atoms with Crippen LogP contribution in [0.1, 0.15) is 88.0 Å². The Morgan fingerprint density at radius 1 is 1.20 bits per heavy atom. The number of likely N-dealkylation sites (N-methyl/N-ethyl adjacent to an activating group) is 1. The number of terminal acetylenes is 1. The summed E-state index contributed by atoms with van der Waals surface area (Å²) >= 11 is 0. The van der Waals surface area contributed by atoms with Gasteiger partial charge in [0.15, 0.2) is 24.0 Å². The summed E-state index contributed by atoms with van der Waals surface area (Å²) in [7, 11) is 3.35. The number of methoxy groups -OCH3 is 1. The number of esters is 2. The molecule has 11 nitrogen and oxygen atoms in total. The van der Waals surface area contributed by atoms with Crippen molar-refractivity contribution in [3.63, 3.8) is 0 Å². The molecule has 11 heteroatoms. The van der Waals surface area contributed by atoms with Crippen LogP contribution in [-0.2, 0) is 42.9 Å². The summed E-state index contributed by atoms with van der Waals surface area (Å²) in [5.41, 5.74) is -2.61.